The third-order valence-corrected chi connectivity index (χ3v) is 6.05. The average molecular weight is 463 g/mol. The quantitative estimate of drug-likeness (QED) is 0.466. The molecule has 2 heterocycles. The summed E-state index contributed by atoms with van der Waals surface area (Å²) in [7, 11) is -2.90. The van der Waals surface area contributed by atoms with Gasteiger partial charge in [-0.05, 0) is 30.3 Å². The van der Waals surface area contributed by atoms with Crippen molar-refractivity contribution in [1.82, 2.24) is 14.6 Å². The summed E-state index contributed by atoms with van der Waals surface area (Å²) in [5.74, 6) is 0.574. The first-order valence-electron chi connectivity index (χ1n) is 9.07. The Labute approximate surface area is 180 Å². The Morgan fingerprint density at radius 3 is 2.59 bits per heavy atom. The lowest BCUT2D eigenvalue weighted by molar-refractivity contribution is -0.137. The SMILES string of the molecule is COc1cc(NS(=O)(=O)c2cccc(C(F)(F)F)c2)ccc1-c1cnc2ccnn2c1N. The fraction of sp³-hybridized carbons (Fsp3) is 0.100. The number of benzene rings is 2. The Kier molecular flexibility index (Phi) is 5.17. The molecule has 0 spiro atoms. The lowest BCUT2D eigenvalue weighted by atomic mass is 10.1. The van der Waals surface area contributed by atoms with Crippen molar-refractivity contribution in [2.75, 3.05) is 17.6 Å². The molecule has 0 aliphatic rings. The lowest BCUT2D eigenvalue weighted by Gasteiger charge is -2.15. The molecule has 2 aromatic carbocycles. The molecular formula is C20H16F3N5O3S. The van der Waals surface area contributed by atoms with Crippen LogP contribution in [0.15, 0.2) is 65.8 Å². The number of anilines is 2. The number of nitrogen functional groups attached to an aromatic ring is 1. The second kappa shape index (κ2) is 7.71. The van der Waals surface area contributed by atoms with E-state index in [0.717, 1.165) is 18.2 Å². The molecule has 0 aliphatic carbocycles. The summed E-state index contributed by atoms with van der Waals surface area (Å²) in [6.45, 7) is 0. The minimum atomic E-state index is -4.67. The van der Waals surface area contributed by atoms with E-state index >= 15 is 0 Å². The molecule has 0 radical (unpaired) electrons. The summed E-state index contributed by atoms with van der Waals surface area (Å²) in [6, 6.07) is 9.56. The molecule has 0 aliphatic heterocycles. The highest BCUT2D eigenvalue weighted by atomic mass is 32.2. The van der Waals surface area contributed by atoms with Crippen molar-refractivity contribution in [3.8, 4) is 16.9 Å². The topological polar surface area (TPSA) is 112 Å². The van der Waals surface area contributed by atoms with Crippen LogP contribution in [-0.4, -0.2) is 30.1 Å². The Balaban J connectivity index is 1.69. The minimum absolute atomic E-state index is 0.0923. The van der Waals surface area contributed by atoms with Crippen molar-refractivity contribution in [3.63, 3.8) is 0 Å². The number of sulfonamides is 1. The first-order chi connectivity index (χ1) is 15.1. The number of aromatic nitrogens is 3. The smallest absolute Gasteiger partial charge is 0.416 e. The zero-order valence-corrected chi connectivity index (χ0v) is 17.3. The number of rotatable bonds is 5. The van der Waals surface area contributed by atoms with E-state index in [9.17, 15) is 21.6 Å². The molecular weight excluding hydrogens is 447 g/mol. The molecule has 0 unspecified atom stereocenters. The molecule has 4 aromatic rings. The Hall–Kier alpha value is -3.80. The van der Waals surface area contributed by atoms with E-state index in [0.29, 0.717) is 28.7 Å². The van der Waals surface area contributed by atoms with Crippen LogP contribution >= 0.6 is 0 Å². The van der Waals surface area contributed by atoms with Crippen molar-refractivity contribution >= 4 is 27.2 Å². The van der Waals surface area contributed by atoms with Crippen LogP contribution in [0.4, 0.5) is 24.7 Å². The maximum Gasteiger partial charge on any atom is 0.416 e. The molecule has 166 valence electrons. The Bertz CT molecular complexity index is 1420. The number of halogens is 3. The molecule has 8 nitrogen and oxygen atoms in total. The zero-order valence-electron chi connectivity index (χ0n) is 16.5. The van der Waals surface area contributed by atoms with E-state index in [2.05, 4.69) is 14.8 Å². The van der Waals surface area contributed by atoms with Crippen molar-refractivity contribution in [1.29, 1.82) is 0 Å². The second-order valence-electron chi connectivity index (χ2n) is 6.70. The number of nitrogens with one attached hydrogen (secondary N) is 1. The summed E-state index contributed by atoms with van der Waals surface area (Å²) in [5.41, 5.74) is 6.79. The lowest BCUT2D eigenvalue weighted by Crippen LogP contribution is -2.14. The molecule has 0 saturated carbocycles. The van der Waals surface area contributed by atoms with E-state index in [1.165, 1.54) is 30.0 Å². The standard InChI is InChI=1S/C20H16F3N5O3S/c1-31-17-10-13(27-32(29,30)14-4-2-3-12(9-14)20(21,22)23)5-6-15(17)16-11-25-18-7-8-26-28(18)19(16)24/h2-11,27H,24H2,1H3. The molecule has 0 bridgehead atoms. The number of fused-ring (bicyclic) bond motifs is 1. The van der Waals surface area contributed by atoms with Gasteiger partial charge in [0.2, 0.25) is 0 Å². The number of alkyl halides is 3. The van der Waals surface area contributed by atoms with Gasteiger partial charge in [-0.2, -0.15) is 22.8 Å². The molecule has 3 N–H and O–H groups in total. The van der Waals surface area contributed by atoms with E-state index in [-0.39, 0.29) is 11.4 Å². The van der Waals surface area contributed by atoms with Gasteiger partial charge in [0.05, 0.1) is 29.5 Å². The maximum absolute atomic E-state index is 12.9. The maximum atomic E-state index is 12.9. The summed E-state index contributed by atoms with van der Waals surface area (Å²) >= 11 is 0. The highest BCUT2D eigenvalue weighted by Gasteiger charge is 2.31. The fourth-order valence-corrected chi connectivity index (χ4v) is 4.22. The van der Waals surface area contributed by atoms with Gasteiger partial charge in [0.25, 0.3) is 10.0 Å². The largest absolute Gasteiger partial charge is 0.496 e. The van der Waals surface area contributed by atoms with Gasteiger partial charge in [-0.25, -0.2) is 13.4 Å². The molecule has 32 heavy (non-hydrogen) atoms. The number of nitrogens with zero attached hydrogens (tertiary/aromatic N) is 3. The molecule has 4 rings (SSSR count). The third kappa shape index (κ3) is 3.91. The van der Waals surface area contributed by atoms with Crippen LogP contribution in [0.2, 0.25) is 0 Å². The number of ether oxygens (including phenoxy) is 1. The van der Waals surface area contributed by atoms with Gasteiger partial charge in [0.15, 0.2) is 5.65 Å². The number of hydrogen-bond acceptors (Lipinski definition) is 6. The normalized spacial score (nSPS) is 12.1. The van der Waals surface area contributed by atoms with Gasteiger partial charge in [0, 0.05) is 29.5 Å². The zero-order chi connectivity index (χ0) is 23.1. The van der Waals surface area contributed by atoms with Crippen LogP contribution in [0.3, 0.4) is 0 Å². The van der Waals surface area contributed by atoms with Crippen LogP contribution in [-0.2, 0) is 16.2 Å². The van der Waals surface area contributed by atoms with Gasteiger partial charge in [0.1, 0.15) is 11.6 Å². The van der Waals surface area contributed by atoms with Crippen LogP contribution in [0.25, 0.3) is 16.8 Å². The first kappa shape index (κ1) is 21.4. The van der Waals surface area contributed by atoms with Crippen molar-refractivity contribution in [2.24, 2.45) is 0 Å². The summed E-state index contributed by atoms with van der Waals surface area (Å²) in [6.07, 6.45) is -1.58. The molecule has 0 fully saturated rings. The van der Waals surface area contributed by atoms with Crippen molar-refractivity contribution in [2.45, 2.75) is 11.1 Å². The summed E-state index contributed by atoms with van der Waals surface area (Å²) < 4.78 is 73.2. The Morgan fingerprint density at radius 2 is 1.88 bits per heavy atom. The predicted molar refractivity (Wildman–Crippen MR) is 112 cm³/mol. The predicted octanol–water partition coefficient (Wildman–Crippen LogP) is 3.81. The van der Waals surface area contributed by atoms with E-state index in [4.69, 9.17) is 10.5 Å². The molecule has 0 atom stereocenters. The van der Waals surface area contributed by atoms with E-state index in [1.54, 1.807) is 18.3 Å². The van der Waals surface area contributed by atoms with E-state index in [1.807, 2.05) is 0 Å². The highest BCUT2D eigenvalue weighted by Crippen LogP contribution is 2.36. The fourth-order valence-electron chi connectivity index (χ4n) is 3.13. The molecule has 12 heteroatoms. The number of methoxy groups -OCH3 is 1. The molecule has 0 amide bonds. The highest BCUT2D eigenvalue weighted by molar-refractivity contribution is 7.92. The third-order valence-electron chi connectivity index (χ3n) is 4.67. The van der Waals surface area contributed by atoms with Gasteiger partial charge in [-0.1, -0.05) is 6.07 Å². The van der Waals surface area contributed by atoms with Crippen LogP contribution in [0.5, 0.6) is 5.75 Å². The number of nitrogens with two attached hydrogens (primary N) is 1. The minimum Gasteiger partial charge on any atom is -0.496 e. The first-order valence-corrected chi connectivity index (χ1v) is 10.6. The van der Waals surface area contributed by atoms with Gasteiger partial charge < -0.3 is 10.5 Å². The summed E-state index contributed by atoms with van der Waals surface area (Å²) in [5, 5.41) is 4.10. The van der Waals surface area contributed by atoms with Crippen LogP contribution < -0.4 is 15.2 Å². The van der Waals surface area contributed by atoms with E-state index < -0.39 is 26.7 Å². The van der Waals surface area contributed by atoms with Gasteiger partial charge in [-0.3, -0.25) is 4.72 Å². The number of hydrogen-bond donors (Lipinski definition) is 2. The van der Waals surface area contributed by atoms with Gasteiger partial charge >= 0.3 is 6.18 Å². The van der Waals surface area contributed by atoms with Crippen LogP contribution in [0, 0.1) is 0 Å². The van der Waals surface area contributed by atoms with Crippen molar-refractivity contribution in [3.05, 3.63) is 66.5 Å². The summed E-state index contributed by atoms with van der Waals surface area (Å²) in [4.78, 5) is 3.74. The molecule has 2 aromatic heterocycles. The van der Waals surface area contributed by atoms with Crippen molar-refractivity contribution < 1.29 is 26.3 Å². The molecule has 0 saturated heterocycles. The Morgan fingerprint density at radius 1 is 1.09 bits per heavy atom. The average Bonchev–Trinajstić information content (AvgIpc) is 3.23. The second-order valence-corrected chi connectivity index (χ2v) is 8.39. The van der Waals surface area contributed by atoms with Gasteiger partial charge in [-0.15, -0.1) is 0 Å². The van der Waals surface area contributed by atoms with Crippen LogP contribution in [0.1, 0.15) is 5.56 Å². The monoisotopic (exact) mass is 463 g/mol.